The maximum Gasteiger partial charge on any atom is 0.239 e. The fourth-order valence-corrected chi connectivity index (χ4v) is 4.87. The molecule has 7 heteroatoms. The third-order valence-corrected chi connectivity index (χ3v) is 7.04. The molecule has 3 rings (SSSR count). The number of piperazine rings is 1. The fraction of sp³-hybridized carbons (Fsp3) is 0.913. The minimum absolute atomic E-state index is 0.00275. The van der Waals surface area contributed by atoms with Gasteiger partial charge in [-0.3, -0.25) is 14.7 Å². The fourth-order valence-electron chi connectivity index (χ4n) is 4.87. The van der Waals surface area contributed by atoms with Crippen LogP contribution in [0.2, 0.25) is 0 Å². The molecule has 7 nitrogen and oxygen atoms in total. The number of carbonyl (C=O) groups excluding carboxylic acids is 1. The average Bonchev–Trinajstić information content (AvgIpc) is 3.31. The molecule has 1 unspecified atom stereocenters. The second-order valence-corrected chi connectivity index (χ2v) is 9.34. The Morgan fingerprint density at radius 3 is 2.30 bits per heavy atom. The molecule has 3 heterocycles. The Morgan fingerprint density at radius 1 is 1.00 bits per heavy atom. The molecule has 0 radical (unpaired) electrons. The van der Waals surface area contributed by atoms with Crippen LogP contribution in [0.4, 0.5) is 0 Å². The summed E-state index contributed by atoms with van der Waals surface area (Å²) in [6.45, 7) is 17.7. The van der Waals surface area contributed by atoms with Crippen molar-refractivity contribution in [2.45, 2.75) is 58.9 Å². The van der Waals surface area contributed by atoms with E-state index in [-0.39, 0.29) is 6.04 Å². The van der Waals surface area contributed by atoms with E-state index in [0.717, 1.165) is 83.5 Å². The van der Waals surface area contributed by atoms with Gasteiger partial charge in [0, 0.05) is 52.4 Å². The van der Waals surface area contributed by atoms with Crippen LogP contribution in [0.5, 0.6) is 0 Å². The highest BCUT2D eigenvalue weighted by molar-refractivity contribution is 5.82. The molecule has 3 saturated heterocycles. The Labute approximate surface area is 183 Å². The lowest BCUT2D eigenvalue weighted by atomic mass is 9.99. The van der Waals surface area contributed by atoms with Crippen molar-refractivity contribution in [3.8, 4) is 0 Å². The molecule has 0 aromatic heterocycles. The number of nitrogens with one attached hydrogen (secondary N) is 1. The minimum Gasteiger partial charge on any atom is -0.357 e. The number of nitrogens with zero attached hydrogens (tertiary/aromatic N) is 5. The van der Waals surface area contributed by atoms with Crippen LogP contribution in [0, 0.1) is 5.92 Å². The van der Waals surface area contributed by atoms with Crippen molar-refractivity contribution in [3.63, 3.8) is 0 Å². The van der Waals surface area contributed by atoms with Crippen LogP contribution in [0.15, 0.2) is 4.99 Å². The van der Waals surface area contributed by atoms with E-state index in [0.29, 0.717) is 5.91 Å². The summed E-state index contributed by atoms with van der Waals surface area (Å²) in [7, 11) is 0. The van der Waals surface area contributed by atoms with Crippen molar-refractivity contribution in [2.75, 3.05) is 72.0 Å². The lowest BCUT2D eigenvalue weighted by molar-refractivity contribution is -0.135. The summed E-state index contributed by atoms with van der Waals surface area (Å²) in [5, 5.41) is 3.48. The molecular formula is C23H44N6O. The first kappa shape index (κ1) is 23.3. The van der Waals surface area contributed by atoms with E-state index in [1.165, 1.54) is 32.5 Å². The van der Waals surface area contributed by atoms with Gasteiger partial charge in [0.05, 0.1) is 6.04 Å². The van der Waals surface area contributed by atoms with E-state index in [1.807, 2.05) is 4.90 Å². The Morgan fingerprint density at radius 2 is 1.67 bits per heavy atom. The molecule has 1 atom stereocenters. The van der Waals surface area contributed by atoms with E-state index < -0.39 is 0 Å². The smallest absolute Gasteiger partial charge is 0.239 e. The molecule has 3 aliphatic rings. The second-order valence-electron chi connectivity index (χ2n) is 9.34. The number of aliphatic imine (C=N–C) groups is 1. The summed E-state index contributed by atoms with van der Waals surface area (Å²) in [6, 6.07) is -0.00275. The van der Waals surface area contributed by atoms with Crippen LogP contribution in [-0.2, 0) is 4.79 Å². The molecule has 0 aromatic rings. The topological polar surface area (TPSA) is 54.4 Å². The van der Waals surface area contributed by atoms with Crippen molar-refractivity contribution in [1.82, 2.24) is 24.9 Å². The highest BCUT2D eigenvalue weighted by Crippen LogP contribution is 2.16. The van der Waals surface area contributed by atoms with E-state index in [4.69, 9.17) is 4.99 Å². The van der Waals surface area contributed by atoms with Gasteiger partial charge in [0.2, 0.25) is 5.91 Å². The van der Waals surface area contributed by atoms with E-state index in [9.17, 15) is 4.79 Å². The van der Waals surface area contributed by atoms with Crippen molar-refractivity contribution in [1.29, 1.82) is 0 Å². The molecule has 3 fully saturated rings. The normalized spacial score (nSPS) is 23.8. The maximum absolute atomic E-state index is 12.7. The van der Waals surface area contributed by atoms with Crippen LogP contribution in [-0.4, -0.2) is 110 Å². The number of amides is 1. The van der Waals surface area contributed by atoms with Crippen LogP contribution in [0.1, 0.15) is 52.9 Å². The first-order valence-corrected chi connectivity index (χ1v) is 12.4. The lowest BCUT2D eigenvalue weighted by Gasteiger charge is -2.39. The van der Waals surface area contributed by atoms with Crippen LogP contribution < -0.4 is 5.32 Å². The van der Waals surface area contributed by atoms with E-state index in [1.54, 1.807) is 0 Å². The summed E-state index contributed by atoms with van der Waals surface area (Å²) < 4.78 is 0. The SMILES string of the molecule is CCNC(=NCCCN1CCC(C)CC1)N1CCN(C(C)C(=O)N2CCCC2)CC1. The van der Waals surface area contributed by atoms with Gasteiger partial charge in [-0.1, -0.05) is 6.92 Å². The van der Waals surface area contributed by atoms with E-state index in [2.05, 4.69) is 40.8 Å². The quantitative estimate of drug-likeness (QED) is 0.386. The first-order valence-electron chi connectivity index (χ1n) is 12.4. The number of carbonyl (C=O) groups is 1. The van der Waals surface area contributed by atoms with Crippen LogP contribution in [0.25, 0.3) is 0 Å². The summed E-state index contributed by atoms with van der Waals surface area (Å²) in [4.78, 5) is 27.0. The Balaban J connectivity index is 1.41. The highest BCUT2D eigenvalue weighted by atomic mass is 16.2. The van der Waals surface area contributed by atoms with Crippen molar-refractivity contribution in [2.24, 2.45) is 10.9 Å². The standard InChI is InChI=1S/C23H44N6O/c1-4-24-23(25-10-7-11-26-14-8-20(2)9-15-26)29-18-16-27(17-19-29)21(3)22(30)28-12-5-6-13-28/h20-21H,4-19H2,1-3H3,(H,24,25). The van der Waals surface area contributed by atoms with Crippen molar-refractivity contribution < 1.29 is 4.79 Å². The first-order chi connectivity index (χ1) is 14.6. The highest BCUT2D eigenvalue weighted by Gasteiger charge is 2.30. The molecule has 172 valence electrons. The number of likely N-dealkylation sites (tertiary alicyclic amines) is 2. The van der Waals surface area contributed by atoms with Gasteiger partial charge < -0.3 is 20.0 Å². The van der Waals surface area contributed by atoms with Gasteiger partial charge in [-0.15, -0.1) is 0 Å². The molecule has 30 heavy (non-hydrogen) atoms. The molecule has 0 aliphatic carbocycles. The number of guanidine groups is 1. The van der Waals surface area contributed by atoms with Crippen molar-refractivity contribution >= 4 is 11.9 Å². The third kappa shape index (κ3) is 6.58. The number of hydrogen-bond donors (Lipinski definition) is 1. The van der Waals surface area contributed by atoms with Gasteiger partial charge in [0.25, 0.3) is 0 Å². The van der Waals surface area contributed by atoms with Gasteiger partial charge in [-0.05, 0) is 71.5 Å². The summed E-state index contributed by atoms with van der Waals surface area (Å²) >= 11 is 0. The molecule has 1 N–H and O–H groups in total. The van der Waals surface area contributed by atoms with Gasteiger partial charge in [-0.2, -0.15) is 0 Å². The van der Waals surface area contributed by atoms with E-state index >= 15 is 0 Å². The minimum atomic E-state index is -0.00275. The van der Waals surface area contributed by atoms with Crippen molar-refractivity contribution in [3.05, 3.63) is 0 Å². The average molecular weight is 421 g/mol. The maximum atomic E-state index is 12.7. The molecule has 0 aromatic carbocycles. The lowest BCUT2D eigenvalue weighted by Crippen LogP contribution is -2.57. The van der Waals surface area contributed by atoms with Gasteiger partial charge in [0.15, 0.2) is 5.96 Å². The summed E-state index contributed by atoms with van der Waals surface area (Å²) in [5.41, 5.74) is 0. The van der Waals surface area contributed by atoms with Crippen LogP contribution in [0.3, 0.4) is 0 Å². The van der Waals surface area contributed by atoms with Gasteiger partial charge in [0.1, 0.15) is 0 Å². The predicted molar refractivity (Wildman–Crippen MR) is 124 cm³/mol. The third-order valence-electron chi connectivity index (χ3n) is 7.04. The van der Waals surface area contributed by atoms with Crippen LogP contribution >= 0.6 is 0 Å². The monoisotopic (exact) mass is 420 g/mol. The molecule has 1 amide bonds. The molecular weight excluding hydrogens is 376 g/mol. The zero-order valence-electron chi connectivity index (χ0n) is 19.6. The van der Waals surface area contributed by atoms with Gasteiger partial charge in [-0.25, -0.2) is 0 Å². The molecule has 3 aliphatic heterocycles. The molecule has 0 spiro atoms. The zero-order valence-corrected chi connectivity index (χ0v) is 19.6. The Bertz CT molecular complexity index is 546. The number of piperidine rings is 1. The largest absolute Gasteiger partial charge is 0.357 e. The summed E-state index contributed by atoms with van der Waals surface area (Å²) in [5.74, 6) is 2.25. The number of rotatable bonds is 7. The second kappa shape index (κ2) is 11.9. The zero-order chi connectivity index (χ0) is 21.3. The molecule has 0 saturated carbocycles. The number of hydrogen-bond acceptors (Lipinski definition) is 4. The Kier molecular flexibility index (Phi) is 9.25. The Hall–Kier alpha value is -1.34. The predicted octanol–water partition coefficient (Wildman–Crippen LogP) is 1.70. The molecule has 0 bridgehead atoms. The van der Waals surface area contributed by atoms with Gasteiger partial charge >= 0.3 is 0 Å². The summed E-state index contributed by atoms with van der Waals surface area (Å²) in [6.07, 6.45) is 6.13.